The molecule has 0 spiro atoms. The van der Waals surface area contributed by atoms with Crippen molar-refractivity contribution in [2.24, 2.45) is 7.05 Å². The van der Waals surface area contributed by atoms with Gasteiger partial charge in [0.1, 0.15) is 17.3 Å². The van der Waals surface area contributed by atoms with Gasteiger partial charge in [-0.25, -0.2) is 4.39 Å². The highest BCUT2D eigenvalue weighted by atomic mass is 35.5. The van der Waals surface area contributed by atoms with Crippen LogP contribution in [0.4, 0.5) is 10.2 Å². The highest BCUT2D eigenvalue weighted by Gasteiger charge is 2.23. The summed E-state index contributed by atoms with van der Waals surface area (Å²) in [4.78, 5) is 0. The van der Waals surface area contributed by atoms with Crippen LogP contribution in [-0.4, -0.2) is 20.0 Å². The minimum Gasteiger partial charge on any atom is -0.383 e. The first-order valence-electron chi connectivity index (χ1n) is 6.28. The number of anilines is 1. The Balaban J connectivity index is 2.36. The second kappa shape index (κ2) is 4.89. The van der Waals surface area contributed by atoms with Gasteiger partial charge in [-0.1, -0.05) is 17.7 Å². The number of aromatic amines is 1. The van der Waals surface area contributed by atoms with Crippen molar-refractivity contribution in [1.29, 1.82) is 0 Å². The second-order valence-electron chi connectivity index (χ2n) is 4.74. The molecular formula is C14H13ClFN5. The van der Waals surface area contributed by atoms with Gasteiger partial charge in [0.05, 0.1) is 16.8 Å². The summed E-state index contributed by atoms with van der Waals surface area (Å²) in [7, 11) is 1.70. The van der Waals surface area contributed by atoms with E-state index in [0.717, 1.165) is 11.3 Å². The van der Waals surface area contributed by atoms with E-state index in [0.29, 0.717) is 17.1 Å². The molecule has 2 aromatic heterocycles. The monoisotopic (exact) mass is 305 g/mol. The highest BCUT2D eigenvalue weighted by Crippen LogP contribution is 2.41. The molecule has 0 saturated carbocycles. The Morgan fingerprint density at radius 3 is 2.71 bits per heavy atom. The summed E-state index contributed by atoms with van der Waals surface area (Å²) < 4.78 is 15.7. The van der Waals surface area contributed by atoms with Crippen LogP contribution >= 0.6 is 11.6 Å². The topological polar surface area (TPSA) is 72.5 Å². The fraction of sp³-hybridized carbons (Fsp3) is 0.143. The molecule has 0 bridgehead atoms. The number of nitrogens with two attached hydrogens (primary N) is 1. The third-order valence-electron chi connectivity index (χ3n) is 3.39. The van der Waals surface area contributed by atoms with Crippen LogP contribution in [0, 0.1) is 12.7 Å². The van der Waals surface area contributed by atoms with Gasteiger partial charge < -0.3 is 5.73 Å². The van der Waals surface area contributed by atoms with Crippen molar-refractivity contribution in [2.75, 3.05) is 5.73 Å². The lowest BCUT2D eigenvalue weighted by Crippen LogP contribution is -1.98. The molecule has 0 aliphatic heterocycles. The van der Waals surface area contributed by atoms with E-state index in [9.17, 15) is 4.39 Å². The molecule has 0 atom stereocenters. The summed E-state index contributed by atoms with van der Waals surface area (Å²) >= 11 is 6.16. The molecule has 1 aromatic carbocycles. The van der Waals surface area contributed by atoms with Crippen molar-refractivity contribution in [1.82, 2.24) is 20.0 Å². The van der Waals surface area contributed by atoms with Gasteiger partial charge >= 0.3 is 0 Å². The van der Waals surface area contributed by atoms with Crippen LogP contribution < -0.4 is 5.73 Å². The maximum absolute atomic E-state index is 14.2. The average Bonchev–Trinajstić information content (AvgIpc) is 2.96. The third-order valence-corrected chi connectivity index (χ3v) is 3.70. The van der Waals surface area contributed by atoms with Crippen molar-refractivity contribution in [2.45, 2.75) is 6.92 Å². The minimum atomic E-state index is -0.440. The number of benzene rings is 1. The maximum atomic E-state index is 14.2. The van der Waals surface area contributed by atoms with Gasteiger partial charge in [-0.15, -0.1) is 0 Å². The van der Waals surface area contributed by atoms with Crippen molar-refractivity contribution < 1.29 is 4.39 Å². The molecule has 0 aliphatic carbocycles. The summed E-state index contributed by atoms with van der Waals surface area (Å²) in [6, 6.07) is 4.52. The van der Waals surface area contributed by atoms with Crippen LogP contribution in [0.25, 0.3) is 22.4 Å². The fourth-order valence-corrected chi connectivity index (χ4v) is 2.56. The van der Waals surface area contributed by atoms with Crippen LogP contribution in [0.1, 0.15) is 5.69 Å². The summed E-state index contributed by atoms with van der Waals surface area (Å²) in [5.41, 5.74) is 8.93. The molecule has 3 N–H and O–H groups in total. The van der Waals surface area contributed by atoms with E-state index in [1.165, 1.54) is 10.7 Å². The Bertz CT molecular complexity index is 801. The lowest BCUT2D eigenvalue weighted by molar-refractivity contribution is 0.631. The zero-order valence-corrected chi connectivity index (χ0v) is 12.2. The first kappa shape index (κ1) is 13.6. The predicted octanol–water partition coefficient (Wildman–Crippen LogP) is 3.16. The van der Waals surface area contributed by atoms with Crippen molar-refractivity contribution in [3.05, 3.63) is 40.9 Å². The van der Waals surface area contributed by atoms with Crippen LogP contribution in [0.3, 0.4) is 0 Å². The van der Waals surface area contributed by atoms with E-state index in [1.807, 2.05) is 6.92 Å². The molecule has 108 valence electrons. The van der Waals surface area contributed by atoms with Crippen LogP contribution in [0.5, 0.6) is 0 Å². The van der Waals surface area contributed by atoms with Gasteiger partial charge in [-0.3, -0.25) is 9.78 Å². The van der Waals surface area contributed by atoms with Gasteiger partial charge in [0, 0.05) is 23.9 Å². The fourth-order valence-electron chi connectivity index (χ4n) is 2.30. The molecule has 3 aromatic rings. The minimum absolute atomic E-state index is 0.250. The summed E-state index contributed by atoms with van der Waals surface area (Å²) in [5, 5.41) is 11.5. The van der Waals surface area contributed by atoms with E-state index in [-0.39, 0.29) is 10.6 Å². The molecule has 3 rings (SSSR count). The Labute approximate surface area is 125 Å². The number of aryl methyl sites for hydroxylation is 2. The molecule has 5 nitrogen and oxygen atoms in total. The van der Waals surface area contributed by atoms with E-state index >= 15 is 0 Å². The number of hydrogen-bond acceptors (Lipinski definition) is 3. The Morgan fingerprint density at radius 2 is 2.10 bits per heavy atom. The van der Waals surface area contributed by atoms with Gasteiger partial charge in [0.25, 0.3) is 0 Å². The average molecular weight is 306 g/mol. The molecular weight excluding hydrogens is 293 g/mol. The van der Waals surface area contributed by atoms with Gasteiger partial charge in [0.2, 0.25) is 0 Å². The SMILES string of the molecule is Cc1[nH]ncc1-c1nn(C)c(N)c1-c1c(F)cccc1Cl. The number of nitrogen functional groups attached to an aromatic ring is 1. The zero-order valence-electron chi connectivity index (χ0n) is 11.5. The first-order valence-corrected chi connectivity index (χ1v) is 6.65. The van der Waals surface area contributed by atoms with Crippen molar-refractivity contribution in [3.63, 3.8) is 0 Å². The van der Waals surface area contributed by atoms with Crippen molar-refractivity contribution >= 4 is 17.4 Å². The quantitative estimate of drug-likeness (QED) is 0.764. The summed E-state index contributed by atoms with van der Waals surface area (Å²) in [6.45, 7) is 1.86. The molecule has 0 unspecified atom stereocenters. The Hall–Kier alpha value is -2.34. The normalized spacial score (nSPS) is 11.0. The lowest BCUT2D eigenvalue weighted by atomic mass is 10.0. The molecule has 7 heteroatoms. The van der Waals surface area contributed by atoms with E-state index in [1.54, 1.807) is 25.4 Å². The smallest absolute Gasteiger partial charge is 0.132 e. The second-order valence-corrected chi connectivity index (χ2v) is 5.14. The number of rotatable bonds is 2. The number of halogens is 2. The highest BCUT2D eigenvalue weighted by molar-refractivity contribution is 6.33. The summed E-state index contributed by atoms with van der Waals surface area (Å²) in [6.07, 6.45) is 1.63. The van der Waals surface area contributed by atoms with Crippen molar-refractivity contribution in [3.8, 4) is 22.4 Å². The van der Waals surface area contributed by atoms with E-state index in [4.69, 9.17) is 17.3 Å². The number of aromatic nitrogens is 4. The van der Waals surface area contributed by atoms with Crippen LogP contribution in [0.2, 0.25) is 5.02 Å². The zero-order chi connectivity index (χ0) is 15.1. The molecule has 0 saturated heterocycles. The summed E-state index contributed by atoms with van der Waals surface area (Å²) in [5.74, 6) is -0.0952. The number of H-pyrrole nitrogens is 1. The predicted molar refractivity (Wildman–Crippen MR) is 80.3 cm³/mol. The molecule has 0 aliphatic rings. The molecule has 0 amide bonds. The third kappa shape index (κ3) is 2.08. The first-order chi connectivity index (χ1) is 10.0. The number of hydrogen-bond donors (Lipinski definition) is 2. The van der Waals surface area contributed by atoms with Crippen LogP contribution in [0.15, 0.2) is 24.4 Å². The van der Waals surface area contributed by atoms with Gasteiger partial charge in [0.15, 0.2) is 0 Å². The van der Waals surface area contributed by atoms with Crippen LogP contribution in [-0.2, 0) is 7.05 Å². The molecule has 2 heterocycles. The number of nitrogens with zero attached hydrogens (tertiary/aromatic N) is 3. The van der Waals surface area contributed by atoms with E-state index < -0.39 is 5.82 Å². The van der Waals surface area contributed by atoms with Gasteiger partial charge in [-0.2, -0.15) is 10.2 Å². The maximum Gasteiger partial charge on any atom is 0.132 e. The molecule has 0 fully saturated rings. The van der Waals surface area contributed by atoms with Gasteiger partial charge in [-0.05, 0) is 19.1 Å². The Kier molecular flexibility index (Phi) is 3.17. The van der Waals surface area contributed by atoms with E-state index in [2.05, 4.69) is 15.3 Å². The largest absolute Gasteiger partial charge is 0.383 e. The molecule has 0 radical (unpaired) electrons. The Morgan fingerprint density at radius 1 is 1.33 bits per heavy atom. The standard InChI is InChI=1S/C14H13ClFN5/c1-7-8(6-18-19-7)13-12(14(17)21(2)20-13)11-9(15)4-3-5-10(11)16/h3-6H,17H2,1-2H3,(H,18,19). The molecule has 21 heavy (non-hydrogen) atoms. The lowest BCUT2D eigenvalue weighted by Gasteiger charge is -2.07. The number of nitrogens with one attached hydrogen (secondary N) is 1.